The second kappa shape index (κ2) is 5.90. The third-order valence-corrected chi connectivity index (χ3v) is 5.08. The smallest absolute Gasteiger partial charge is 0.385 e. The summed E-state index contributed by atoms with van der Waals surface area (Å²) in [5, 5.41) is 2.98. The van der Waals surface area contributed by atoms with E-state index in [-0.39, 0.29) is 19.4 Å². The largest absolute Gasteiger partial charge is 0.418 e. The van der Waals surface area contributed by atoms with Gasteiger partial charge >= 0.3 is 31.6 Å². The maximum absolute atomic E-state index is 12.2. The number of nitrogens with two attached hydrogens (primary N) is 1. The maximum atomic E-state index is 12.2. The molecule has 0 aliphatic carbocycles. The van der Waals surface area contributed by atoms with Crippen LogP contribution in [0, 0.1) is 0 Å². The first kappa shape index (κ1) is 17.5. The Bertz CT molecular complexity index is 910. The van der Waals surface area contributed by atoms with E-state index in [0.29, 0.717) is 5.06 Å². The number of carbonyl (C=O) groups is 1. The molecule has 14 nitrogen and oxygen atoms in total. The molecule has 138 valence electrons. The summed E-state index contributed by atoms with van der Waals surface area (Å²) in [4.78, 5) is 16.7. The van der Waals surface area contributed by atoms with Gasteiger partial charge in [-0.15, -0.1) is 8.68 Å². The Kier molecular flexibility index (Phi) is 4.13. The lowest BCUT2D eigenvalue weighted by molar-refractivity contribution is -0.0316. The first-order valence-corrected chi connectivity index (χ1v) is 9.52. The van der Waals surface area contributed by atoms with E-state index in [1.807, 2.05) is 0 Å². The van der Waals surface area contributed by atoms with Gasteiger partial charge in [0.25, 0.3) is 0 Å². The molecular weight excluding hydrogens is 384 g/mol. The van der Waals surface area contributed by atoms with Crippen molar-refractivity contribution in [2.75, 3.05) is 6.54 Å². The Balaban J connectivity index is 1.83. The molecule has 25 heavy (non-hydrogen) atoms. The van der Waals surface area contributed by atoms with Gasteiger partial charge in [-0.05, 0) is 18.0 Å². The second-order valence-corrected chi connectivity index (χ2v) is 7.72. The van der Waals surface area contributed by atoms with Gasteiger partial charge < -0.3 is 15.2 Å². The minimum absolute atomic E-state index is 0.0253. The van der Waals surface area contributed by atoms with Crippen molar-refractivity contribution >= 4 is 32.3 Å². The molecule has 16 heteroatoms. The van der Waals surface area contributed by atoms with E-state index in [0.717, 1.165) is 11.3 Å². The number of amidine groups is 1. The number of piperidine rings is 1. The molecule has 2 atom stereocenters. The number of urea groups is 1. The molecule has 2 aliphatic rings. The van der Waals surface area contributed by atoms with Gasteiger partial charge in [-0.1, -0.05) is 0 Å². The van der Waals surface area contributed by atoms with Crippen LogP contribution >= 0.6 is 0 Å². The lowest BCUT2D eigenvalue weighted by Gasteiger charge is -2.29. The van der Waals surface area contributed by atoms with Crippen LogP contribution in [0.15, 0.2) is 20.5 Å². The Morgan fingerprint density at radius 2 is 2.12 bits per heavy atom. The summed E-state index contributed by atoms with van der Waals surface area (Å²) >= 11 is 0. The zero-order chi connectivity index (χ0) is 18.4. The summed E-state index contributed by atoms with van der Waals surface area (Å²) in [6, 6.07) is -2.42. The van der Waals surface area contributed by atoms with Gasteiger partial charge in [0, 0.05) is 6.54 Å². The van der Waals surface area contributed by atoms with Gasteiger partial charge in [0.1, 0.15) is 5.84 Å². The molecule has 3 N–H and O–H groups in total. The summed E-state index contributed by atoms with van der Waals surface area (Å²) in [5.74, 6) is -0.398. The summed E-state index contributed by atoms with van der Waals surface area (Å²) in [7, 11) is -9.20. The highest BCUT2D eigenvalue weighted by Gasteiger charge is 2.48. The van der Waals surface area contributed by atoms with Crippen LogP contribution in [0.1, 0.15) is 12.8 Å². The van der Waals surface area contributed by atoms with E-state index >= 15 is 0 Å². The van der Waals surface area contributed by atoms with Crippen molar-refractivity contribution in [3.05, 3.63) is 6.39 Å². The van der Waals surface area contributed by atoms with E-state index in [2.05, 4.69) is 23.3 Å². The molecule has 2 aliphatic heterocycles. The third-order valence-electron chi connectivity index (χ3n) is 3.64. The highest BCUT2D eigenvalue weighted by Crippen LogP contribution is 2.31. The Hall–Kier alpha value is -2.30. The standard InChI is InChI=1S/C9H12N6O8S2/c10-7(13-24(17,18)8-11-4-22-12-8)6-2-1-5-3-14(6)9(16)15(5)23-25(19,20)21/h4-6H,1-3H2,(H2,10,13)(H,19,20,21)/t5-,6+/m1/s1. The molecular formula is C9H12N6O8S2. The Morgan fingerprint density at radius 1 is 1.40 bits per heavy atom. The number of amides is 2. The number of hydroxylamine groups is 2. The number of sulfonamides is 1. The first-order chi connectivity index (χ1) is 11.6. The van der Waals surface area contributed by atoms with Crippen molar-refractivity contribution < 1.29 is 35.0 Å². The fourth-order valence-corrected chi connectivity index (χ4v) is 3.84. The van der Waals surface area contributed by atoms with Crippen LogP contribution in [0.5, 0.6) is 0 Å². The van der Waals surface area contributed by atoms with Gasteiger partial charge in [-0.25, -0.2) is 4.79 Å². The van der Waals surface area contributed by atoms with Crippen LogP contribution in [0.4, 0.5) is 4.79 Å². The first-order valence-electron chi connectivity index (χ1n) is 6.72. The molecule has 2 saturated heterocycles. The van der Waals surface area contributed by atoms with Gasteiger partial charge in [0.05, 0.1) is 12.1 Å². The highest BCUT2D eigenvalue weighted by molar-refractivity contribution is 7.90. The van der Waals surface area contributed by atoms with Crippen molar-refractivity contribution in [3.8, 4) is 0 Å². The number of aromatic nitrogens is 2. The molecule has 3 heterocycles. The number of hydrogen-bond donors (Lipinski definition) is 2. The van der Waals surface area contributed by atoms with E-state index in [9.17, 15) is 21.6 Å². The van der Waals surface area contributed by atoms with E-state index in [1.165, 1.54) is 0 Å². The van der Waals surface area contributed by atoms with E-state index in [4.69, 9.17) is 10.3 Å². The van der Waals surface area contributed by atoms with Crippen molar-refractivity contribution in [2.45, 2.75) is 30.1 Å². The number of fused-ring (bicyclic) bond motifs is 2. The molecule has 3 rings (SSSR count). The van der Waals surface area contributed by atoms with Crippen molar-refractivity contribution in [3.63, 3.8) is 0 Å². The quantitative estimate of drug-likeness (QED) is 0.320. The summed E-state index contributed by atoms with van der Waals surface area (Å²) in [6.07, 6.45) is 1.26. The van der Waals surface area contributed by atoms with Crippen LogP contribution < -0.4 is 5.73 Å². The molecule has 0 spiro atoms. The highest BCUT2D eigenvalue weighted by atomic mass is 32.3. The van der Waals surface area contributed by atoms with Crippen LogP contribution in [0.3, 0.4) is 0 Å². The fourth-order valence-electron chi connectivity index (χ4n) is 2.65. The molecule has 0 aromatic carbocycles. The summed E-state index contributed by atoms with van der Waals surface area (Å²) in [5.41, 5.74) is 5.72. The predicted octanol–water partition coefficient (Wildman–Crippen LogP) is -1.88. The molecule has 2 fully saturated rings. The lowest BCUT2D eigenvalue weighted by Crippen LogP contribution is -2.48. The normalized spacial score (nSPS) is 24.8. The topological polar surface area (TPSA) is 199 Å². The minimum atomic E-state index is -4.88. The molecule has 0 radical (unpaired) electrons. The molecule has 1 aromatic rings. The van der Waals surface area contributed by atoms with Crippen molar-refractivity contribution in [1.29, 1.82) is 0 Å². The number of rotatable bonds is 5. The average molecular weight is 396 g/mol. The minimum Gasteiger partial charge on any atom is -0.385 e. The Labute approximate surface area is 141 Å². The zero-order valence-corrected chi connectivity index (χ0v) is 13.9. The van der Waals surface area contributed by atoms with Crippen LogP contribution in [-0.4, -0.2) is 72.0 Å². The number of nitrogens with zero attached hydrogens (tertiary/aromatic N) is 5. The molecule has 2 amide bonds. The number of carbonyl (C=O) groups excluding carboxylic acids is 1. The number of hydrogen-bond acceptors (Lipinski definition) is 9. The van der Waals surface area contributed by atoms with Crippen LogP contribution in [-0.2, 0) is 24.7 Å². The lowest BCUT2D eigenvalue weighted by atomic mass is 10.0. The fraction of sp³-hybridized carbons (Fsp3) is 0.556. The molecule has 0 saturated carbocycles. The van der Waals surface area contributed by atoms with Gasteiger partial charge in [-0.2, -0.15) is 26.9 Å². The summed E-state index contributed by atoms with van der Waals surface area (Å²) in [6.45, 7) is 0.0253. The van der Waals surface area contributed by atoms with E-state index < -0.39 is 49.5 Å². The van der Waals surface area contributed by atoms with Crippen molar-refractivity contribution in [1.82, 2.24) is 20.1 Å². The van der Waals surface area contributed by atoms with Crippen LogP contribution in [0.25, 0.3) is 0 Å². The SMILES string of the molecule is N/C(=N\S(=O)(=O)c1ncon1)[C@@H]1CC[C@@H]2CN1C(=O)N2OS(=O)(=O)O. The predicted molar refractivity (Wildman–Crippen MR) is 76.5 cm³/mol. The zero-order valence-electron chi connectivity index (χ0n) is 12.3. The monoisotopic (exact) mass is 396 g/mol. The van der Waals surface area contributed by atoms with Gasteiger partial charge in [0.15, 0.2) is 0 Å². The van der Waals surface area contributed by atoms with Crippen molar-refractivity contribution in [2.24, 2.45) is 10.1 Å². The maximum Gasteiger partial charge on any atom is 0.418 e. The molecule has 1 aromatic heterocycles. The van der Waals surface area contributed by atoms with Crippen LogP contribution in [0.2, 0.25) is 0 Å². The third kappa shape index (κ3) is 3.41. The molecule has 0 unspecified atom stereocenters. The average Bonchev–Trinajstić information content (AvgIpc) is 3.11. The van der Waals surface area contributed by atoms with Gasteiger partial charge in [-0.3, -0.25) is 4.55 Å². The Morgan fingerprint density at radius 3 is 2.72 bits per heavy atom. The van der Waals surface area contributed by atoms with Gasteiger partial charge in [0.2, 0.25) is 6.39 Å². The van der Waals surface area contributed by atoms with E-state index in [1.54, 1.807) is 0 Å². The summed E-state index contributed by atoms with van der Waals surface area (Å²) < 4.78 is 66.3. The second-order valence-electron chi connectivity index (χ2n) is 5.21. The molecule has 2 bridgehead atoms.